The van der Waals surface area contributed by atoms with Crippen molar-refractivity contribution in [3.63, 3.8) is 0 Å². The topological polar surface area (TPSA) is 59.4 Å². The number of fused-ring (bicyclic) bond motifs is 2. The molecule has 2 aliphatic rings. The SMILES string of the molecule is CC(C)CCN1CCC2(CC1)O[C@H](C(=O)Nc1ccc(Cl)cc1)Cn1ccnc12. The van der Waals surface area contributed by atoms with Crippen molar-refractivity contribution in [3.05, 3.63) is 47.5 Å². The maximum atomic E-state index is 12.9. The molecule has 156 valence electrons. The molecular weight excluding hydrogens is 388 g/mol. The van der Waals surface area contributed by atoms with Crippen molar-refractivity contribution in [2.45, 2.75) is 51.4 Å². The van der Waals surface area contributed by atoms with Gasteiger partial charge in [0.15, 0.2) is 6.10 Å². The summed E-state index contributed by atoms with van der Waals surface area (Å²) >= 11 is 5.94. The van der Waals surface area contributed by atoms with E-state index in [1.54, 1.807) is 24.3 Å². The zero-order valence-corrected chi connectivity index (χ0v) is 17.9. The van der Waals surface area contributed by atoms with Crippen LogP contribution in [0.5, 0.6) is 0 Å². The van der Waals surface area contributed by atoms with E-state index in [0.717, 1.165) is 44.0 Å². The predicted molar refractivity (Wildman–Crippen MR) is 114 cm³/mol. The Bertz CT molecular complexity index is 841. The average Bonchev–Trinajstić information content (AvgIpc) is 3.19. The molecule has 1 aromatic heterocycles. The number of rotatable bonds is 5. The number of aromatic nitrogens is 2. The number of nitrogens with zero attached hydrogens (tertiary/aromatic N) is 3. The van der Waals surface area contributed by atoms with E-state index in [0.29, 0.717) is 17.5 Å². The van der Waals surface area contributed by atoms with Crippen molar-refractivity contribution in [2.75, 3.05) is 25.0 Å². The number of halogens is 1. The van der Waals surface area contributed by atoms with Crippen LogP contribution in [0.4, 0.5) is 5.69 Å². The Balaban J connectivity index is 1.46. The second-order valence-electron chi connectivity index (χ2n) is 8.52. The average molecular weight is 417 g/mol. The van der Waals surface area contributed by atoms with Gasteiger partial charge in [0.05, 0.1) is 6.54 Å². The molecule has 1 amide bonds. The molecule has 1 spiro atoms. The van der Waals surface area contributed by atoms with Crippen LogP contribution in [0, 0.1) is 5.92 Å². The standard InChI is InChI=1S/C22H29ClN4O2/c1-16(2)7-11-26-12-8-22(9-13-26)21-24-10-14-27(21)15-19(29-22)20(28)25-18-5-3-17(23)4-6-18/h3-6,10,14,16,19H,7-9,11-13,15H2,1-2H3,(H,25,28)/t19-/m0/s1. The van der Waals surface area contributed by atoms with Crippen LogP contribution < -0.4 is 5.32 Å². The van der Waals surface area contributed by atoms with Crippen LogP contribution in [0.3, 0.4) is 0 Å². The molecule has 0 bridgehead atoms. The molecule has 1 fully saturated rings. The lowest BCUT2D eigenvalue weighted by atomic mass is 9.88. The van der Waals surface area contributed by atoms with Gasteiger partial charge in [-0.2, -0.15) is 0 Å². The quantitative estimate of drug-likeness (QED) is 0.802. The van der Waals surface area contributed by atoms with Crippen LogP contribution in [0.15, 0.2) is 36.7 Å². The molecule has 0 saturated carbocycles. The summed E-state index contributed by atoms with van der Waals surface area (Å²) < 4.78 is 8.57. The Hall–Kier alpha value is -1.89. The van der Waals surface area contributed by atoms with E-state index in [-0.39, 0.29) is 5.91 Å². The second kappa shape index (κ2) is 8.46. The van der Waals surface area contributed by atoms with E-state index in [1.807, 2.05) is 12.4 Å². The molecular formula is C22H29ClN4O2. The number of nitrogens with one attached hydrogen (secondary N) is 1. The molecule has 29 heavy (non-hydrogen) atoms. The molecule has 3 heterocycles. The number of likely N-dealkylation sites (tertiary alicyclic amines) is 1. The van der Waals surface area contributed by atoms with Crippen LogP contribution in [0.1, 0.15) is 38.9 Å². The van der Waals surface area contributed by atoms with Crippen molar-refractivity contribution < 1.29 is 9.53 Å². The molecule has 1 saturated heterocycles. The number of piperidine rings is 1. The van der Waals surface area contributed by atoms with Gasteiger partial charge in [0, 0.05) is 36.2 Å². The van der Waals surface area contributed by atoms with Crippen molar-refractivity contribution in [1.29, 1.82) is 0 Å². The highest BCUT2D eigenvalue weighted by molar-refractivity contribution is 6.30. The first kappa shape index (κ1) is 20.4. The van der Waals surface area contributed by atoms with Crippen molar-refractivity contribution in [1.82, 2.24) is 14.5 Å². The van der Waals surface area contributed by atoms with Crippen LogP contribution in [0.2, 0.25) is 5.02 Å². The fourth-order valence-corrected chi connectivity index (χ4v) is 4.34. The van der Waals surface area contributed by atoms with Gasteiger partial charge in [-0.3, -0.25) is 4.79 Å². The maximum Gasteiger partial charge on any atom is 0.255 e. The Morgan fingerprint density at radius 2 is 2.03 bits per heavy atom. The first-order valence-electron chi connectivity index (χ1n) is 10.4. The first-order chi connectivity index (χ1) is 13.9. The summed E-state index contributed by atoms with van der Waals surface area (Å²) in [5, 5.41) is 3.60. The van der Waals surface area contributed by atoms with Crippen LogP contribution in [0.25, 0.3) is 0 Å². The summed E-state index contributed by atoms with van der Waals surface area (Å²) in [6.07, 6.45) is 6.13. The highest BCUT2D eigenvalue weighted by atomic mass is 35.5. The van der Waals surface area contributed by atoms with Crippen molar-refractivity contribution in [2.24, 2.45) is 5.92 Å². The van der Waals surface area contributed by atoms with E-state index < -0.39 is 11.7 Å². The van der Waals surface area contributed by atoms with Gasteiger partial charge in [-0.15, -0.1) is 0 Å². The van der Waals surface area contributed by atoms with Crippen LogP contribution in [-0.4, -0.2) is 46.1 Å². The molecule has 4 rings (SSSR count). The lowest BCUT2D eigenvalue weighted by molar-refractivity contribution is -0.169. The number of imidazole rings is 1. The van der Waals surface area contributed by atoms with Crippen molar-refractivity contribution >= 4 is 23.2 Å². The number of anilines is 1. The highest BCUT2D eigenvalue weighted by Gasteiger charge is 2.47. The third-order valence-corrected chi connectivity index (χ3v) is 6.20. The van der Waals surface area contributed by atoms with Crippen molar-refractivity contribution in [3.8, 4) is 0 Å². The minimum atomic E-state index is -0.547. The molecule has 1 N–H and O–H groups in total. The third kappa shape index (κ3) is 4.49. The number of ether oxygens (including phenoxy) is 1. The van der Waals surface area contributed by atoms with Gasteiger partial charge in [0.1, 0.15) is 11.4 Å². The lowest BCUT2D eigenvalue weighted by Crippen LogP contribution is -2.53. The van der Waals surface area contributed by atoms with Gasteiger partial charge in [0.2, 0.25) is 0 Å². The summed E-state index contributed by atoms with van der Waals surface area (Å²) in [6, 6.07) is 7.13. The Kier molecular flexibility index (Phi) is 5.95. The molecule has 2 aliphatic heterocycles. The monoisotopic (exact) mass is 416 g/mol. The van der Waals surface area contributed by atoms with Gasteiger partial charge >= 0.3 is 0 Å². The fourth-order valence-electron chi connectivity index (χ4n) is 4.21. The van der Waals surface area contributed by atoms with Gasteiger partial charge in [0.25, 0.3) is 5.91 Å². The highest BCUT2D eigenvalue weighted by Crippen LogP contribution is 2.40. The summed E-state index contributed by atoms with van der Waals surface area (Å²) in [4.78, 5) is 20.0. The van der Waals surface area contributed by atoms with Gasteiger partial charge in [-0.1, -0.05) is 25.4 Å². The van der Waals surface area contributed by atoms with Gasteiger partial charge < -0.3 is 19.5 Å². The van der Waals surface area contributed by atoms with Crippen LogP contribution in [-0.2, 0) is 21.7 Å². The molecule has 6 nitrogen and oxygen atoms in total. The smallest absolute Gasteiger partial charge is 0.255 e. The fraction of sp³-hybridized carbons (Fsp3) is 0.545. The molecule has 0 radical (unpaired) electrons. The number of carbonyl (C=O) groups is 1. The number of carbonyl (C=O) groups excluding carboxylic acids is 1. The Morgan fingerprint density at radius 1 is 1.31 bits per heavy atom. The van der Waals surface area contributed by atoms with E-state index in [4.69, 9.17) is 16.3 Å². The summed E-state index contributed by atoms with van der Waals surface area (Å²) in [5.41, 5.74) is 0.231. The van der Waals surface area contributed by atoms with Gasteiger partial charge in [-0.25, -0.2) is 4.98 Å². The number of hydrogen-bond donors (Lipinski definition) is 1. The third-order valence-electron chi connectivity index (χ3n) is 5.94. The van der Waals surface area contributed by atoms with E-state index in [1.165, 1.54) is 6.42 Å². The Morgan fingerprint density at radius 3 is 2.72 bits per heavy atom. The zero-order valence-electron chi connectivity index (χ0n) is 17.1. The zero-order chi connectivity index (χ0) is 20.4. The van der Waals surface area contributed by atoms with E-state index >= 15 is 0 Å². The summed E-state index contributed by atoms with van der Waals surface area (Å²) in [6.45, 7) is 8.04. The molecule has 7 heteroatoms. The molecule has 0 aliphatic carbocycles. The lowest BCUT2D eigenvalue weighted by Gasteiger charge is -2.45. The minimum Gasteiger partial charge on any atom is -0.352 e. The minimum absolute atomic E-state index is 0.131. The molecule has 2 aromatic rings. The normalized spacial score (nSPS) is 21.3. The molecule has 0 unspecified atom stereocenters. The largest absolute Gasteiger partial charge is 0.352 e. The van der Waals surface area contributed by atoms with E-state index in [2.05, 4.69) is 33.6 Å². The number of benzene rings is 1. The summed E-state index contributed by atoms with van der Waals surface area (Å²) in [7, 11) is 0. The van der Waals surface area contributed by atoms with Gasteiger partial charge in [-0.05, 0) is 56.0 Å². The first-order valence-corrected chi connectivity index (χ1v) is 10.8. The predicted octanol–water partition coefficient (Wildman–Crippen LogP) is 3.91. The molecule has 1 aromatic carbocycles. The summed E-state index contributed by atoms with van der Waals surface area (Å²) in [5.74, 6) is 1.53. The van der Waals surface area contributed by atoms with E-state index in [9.17, 15) is 4.79 Å². The number of hydrogen-bond acceptors (Lipinski definition) is 4. The molecule has 1 atom stereocenters. The second-order valence-corrected chi connectivity index (χ2v) is 8.96. The van der Waals surface area contributed by atoms with Crippen LogP contribution >= 0.6 is 11.6 Å². The maximum absolute atomic E-state index is 12.9. The Labute approximate surface area is 177 Å². The number of amides is 1.